The van der Waals surface area contributed by atoms with E-state index in [1.807, 2.05) is 0 Å². The van der Waals surface area contributed by atoms with Crippen molar-refractivity contribution in [3.63, 3.8) is 0 Å². The van der Waals surface area contributed by atoms with Gasteiger partial charge in [0, 0.05) is 11.7 Å². The highest BCUT2D eigenvalue weighted by atomic mass is 19.3. The largest absolute Gasteiger partial charge is 0.435 e. The molecule has 0 radical (unpaired) electrons. The number of ether oxygens (including phenoxy) is 1. The van der Waals surface area contributed by atoms with Crippen LogP contribution >= 0.6 is 0 Å². The number of alkyl halides is 2. The van der Waals surface area contributed by atoms with Gasteiger partial charge in [-0.15, -0.1) is 0 Å². The molecule has 18 heavy (non-hydrogen) atoms. The fourth-order valence-electron chi connectivity index (χ4n) is 2.03. The van der Waals surface area contributed by atoms with Crippen LogP contribution in [0.5, 0.6) is 5.75 Å². The summed E-state index contributed by atoms with van der Waals surface area (Å²) in [5.74, 6) is 1.19. The molecule has 1 aromatic rings. The predicted octanol–water partition coefficient (Wildman–Crippen LogP) is 4.38. The lowest BCUT2D eigenvalue weighted by Crippen LogP contribution is -2.30. The van der Waals surface area contributed by atoms with Crippen LogP contribution in [0, 0.1) is 11.8 Å². The van der Waals surface area contributed by atoms with E-state index in [4.69, 9.17) is 0 Å². The topological polar surface area (TPSA) is 21.3 Å². The van der Waals surface area contributed by atoms with E-state index in [-0.39, 0.29) is 5.75 Å². The fraction of sp³-hybridized carbons (Fsp3) is 0.571. The van der Waals surface area contributed by atoms with Crippen LogP contribution in [0.15, 0.2) is 24.3 Å². The van der Waals surface area contributed by atoms with Gasteiger partial charge in [-0.25, -0.2) is 0 Å². The van der Waals surface area contributed by atoms with Gasteiger partial charge in [-0.3, -0.25) is 0 Å². The maximum Gasteiger partial charge on any atom is 0.387 e. The molecular weight excluding hydrogens is 236 g/mol. The van der Waals surface area contributed by atoms with Gasteiger partial charge in [-0.1, -0.05) is 27.7 Å². The van der Waals surface area contributed by atoms with Crippen molar-refractivity contribution in [1.29, 1.82) is 0 Å². The first-order chi connectivity index (χ1) is 8.40. The van der Waals surface area contributed by atoms with Crippen LogP contribution in [0.25, 0.3) is 0 Å². The quantitative estimate of drug-likeness (QED) is 0.816. The van der Waals surface area contributed by atoms with Crippen LogP contribution in [0.1, 0.15) is 27.7 Å². The van der Waals surface area contributed by atoms with Crippen molar-refractivity contribution in [3.8, 4) is 5.75 Å². The lowest BCUT2D eigenvalue weighted by molar-refractivity contribution is -0.0498. The van der Waals surface area contributed by atoms with Crippen molar-refractivity contribution < 1.29 is 13.5 Å². The Balaban J connectivity index is 2.67. The number of anilines is 1. The summed E-state index contributed by atoms with van der Waals surface area (Å²) >= 11 is 0. The van der Waals surface area contributed by atoms with Crippen LogP contribution in [-0.2, 0) is 0 Å². The molecule has 0 spiro atoms. The molecule has 0 unspecified atom stereocenters. The smallest absolute Gasteiger partial charge is 0.387 e. The van der Waals surface area contributed by atoms with E-state index < -0.39 is 6.61 Å². The lowest BCUT2D eigenvalue weighted by atomic mass is 9.93. The Morgan fingerprint density at radius 1 is 0.944 bits per heavy atom. The second kappa shape index (κ2) is 6.57. The molecule has 0 aliphatic carbocycles. The van der Waals surface area contributed by atoms with Gasteiger partial charge in [0.05, 0.1) is 0 Å². The molecule has 0 saturated carbocycles. The summed E-state index contributed by atoms with van der Waals surface area (Å²) in [5.41, 5.74) is 0.920. The Morgan fingerprint density at radius 2 is 1.44 bits per heavy atom. The van der Waals surface area contributed by atoms with Crippen LogP contribution in [-0.4, -0.2) is 12.7 Å². The summed E-state index contributed by atoms with van der Waals surface area (Å²) in [4.78, 5) is 0. The Bertz CT molecular complexity index is 341. The third-order valence-electron chi connectivity index (χ3n) is 2.85. The average Bonchev–Trinajstić information content (AvgIpc) is 2.26. The molecule has 1 N–H and O–H groups in total. The number of hydrogen-bond donors (Lipinski definition) is 1. The first-order valence-electron chi connectivity index (χ1n) is 6.21. The minimum Gasteiger partial charge on any atom is -0.435 e. The maximum absolute atomic E-state index is 12.0. The van der Waals surface area contributed by atoms with Crippen molar-refractivity contribution in [2.45, 2.75) is 40.3 Å². The summed E-state index contributed by atoms with van der Waals surface area (Å²) in [6.07, 6.45) is 0. The highest BCUT2D eigenvalue weighted by molar-refractivity contribution is 5.47. The molecule has 0 fully saturated rings. The van der Waals surface area contributed by atoms with Gasteiger partial charge in [0.2, 0.25) is 0 Å². The van der Waals surface area contributed by atoms with Gasteiger partial charge in [0.15, 0.2) is 0 Å². The Hall–Kier alpha value is -1.32. The van der Waals surface area contributed by atoms with Gasteiger partial charge in [-0.2, -0.15) is 8.78 Å². The molecule has 0 aromatic heterocycles. The minimum absolute atomic E-state index is 0.182. The summed E-state index contributed by atoms with van der Waals surface area (Å²) in [7, 11) is 0. The van der Waals surface area contributed by atoms with E-state index in [2.05, 4.69) is 37.7 Å². The summed E-state index contributed by atoms with van der Waals surface area (Å²) in [6, 6.07) is 6.97. The first-order valence-corrected chi connectivity index (χ1v) is 6.21. The zero-order valence-corrected chi connectivity index (χ0v) is 11.3. The number of hydrogen-bond acceptors (Lipinski definition) is 2. The SMILES string of the molecule is CC(C)C(Nc1ccc(OC(F)F)cc1)C(C)C. The van der Waals surface area contributed by atoms with Crippen molar-refractivity contribution >= 4 is 5.69 Å². The van der Waals surface area contributed by atoms with Crippen LogP contribution in [0.4, 0.5) is 14.5 Å². The van der Waals surface area contributed by atoms with Gasteiger partial charge in [0.1, 0.15) is 5.75 Å². The average molecular weight is 257 g/mol. The highest BCUT2D eigenvalue weighted by Crippen LogP contribution is 2.22. The van der Waals surface area contributed by atoms with Crippen molar-refractivity contribution in [2.24, 2.45) is 11.8 Å². The van der Waals surface area contributed by atoms with Gasteiger partial charge >= 0.3 is 6.61 Å². The minimum atomic E-state index is -2.78. The zero-order valence-electron chi connectivity index (χ0n) is 11.3. The standard InChI is InChI=1S/C14H21F2NO/c1-9(2)13(10(3)4)17-11-5-7-12(8-6-11)18-14(15)16/h5-10,13-14,17H,1-4H3. The molecule has 0 aliphatic rings. The Morgan fingerprint density at radius 3 is 1.83 bits per heavy atom. The molecule has 0 saturated heterocycles. The van der Waals surface area contributed by atoms with E-state index in [1.54, 1.807) is 24.3 Å². The molecule has 102 valence electrons. The number of rotatable bonds is 6. The summed E-state index contributed by atoms with van der Waals surface area (Å²) in [6.45, 7) is 5.86. The van der Waals surface area contributed by atoms with Crippen LogP contribution in [0.3, 0.4) is 0 Å². The highest BCUT2D eigenvalue weighted by Gasteiger charge is 2.16. The number of halogens is 2. The second-order valence-electron chi connectivity index (χ2n) is 5.06. The number of nitrogens with one attached hydrogen (secondary N) is 1. The Labute approximate surface area is 107 Å². The van der Waals surface area contributed by atoms with Crippen molar-refractivity contribution in [1.82, 2.24) is 0 Å². The van der Waals surface area contributed by atoms with E-state index in [0.29, 0.717) is 17.9 Å². The first kappa shape index (κ1) is 14.7. The summed E-state index contributed by atoms with van der Waals surface area (Å²) in [5, 5.41) is 3.42. The fourth-order valence-corrected chi connectivity index (χ4v) is 2.03. The monoisotopic (exact) mass is 257 g/mol. The van der Waals surface area contributed by atoms with Crippen molar-refractivity contribution in [3.05, 3.63) is 24.3 Å². The normalized spacial score (nSPS) is 11.7. The number of benzene rings is 1. The van der Waals surface area contributed by atoms with Crippen LogP contribution in [0.2, 0.25) is 0 Å². The van der Waals surface area contributed by atoms with Crippen molar-refractivity contribution in [2.75, 3.05) is 5.32 Å². The van der Waals surface area contributed by atoms with E-state index >= 15 is 0 Å². The predicted molar refractivity (Wildman–Crippen MR) is 70.2 cm³/mol. The maximum atomic E-state index is 12.0. The van der Waals surface area contributed by atoms with Gasteiger partial charge in [0.25, 0.3) is 0 Å². The Kier molecular flexibility index (Phi) is 5.38. The van der Waals surface area contributed by atoms with E-state index in [0.717, 1.165) is 5.69 Å². The zero-order chi connectivity index (χ0) is 13.7. The molecule has 0 amide bonds. The van der Waals surface area contributed by atoms with Crippen LogP contribution < -0.4 is 10.1 Å². The second-order valence-corrected chi connectivity index (χ2v) is 5.06. The van der Waals surface area contributed by atoms with Gasteiger partial charge < -0.3 is 10.1 Å². The molecule has 1 aromatic carbocycles. The molecule has 0 heterocycles. The summed E-state index contributed by atoms with van der Waals surface area (Å²) < 4.78 is 28.3. The molecule has 0 bridgehead atoms. The molecule has 4 heteroatoms. The third-order valence-corrected chi connectivity index (χ3v) is 2.85. The third kappa shape index (κ3) is 4.51. The molecular formula is C14H21F2NO. The molecule has 1 rings (SSSR count). The molecule has 2 nitrogen and oxygen atoms in total. The lowest BCUT2D eigenvalue weighted by Gasteiger charge is -2.27. The van der Waals surface area contributed by atoms with Gasteiger partial charge in [-0.05, 0) is 36.1 Å². The van der Waals surface area contributed by atoms with E-state index in [1.165, 1.54) is 0 Å². The van der Waals surface area contributed by atoms with E-state index in [9.17, 15) is 8.78 Å². The molecule has 0 atom stereocenters. The molecule has 0 aliphatic heterocycles.